The first-order valence-electron chi connectivity index (χ1n) is 5.81. The van der Waals surface area contributed by atoms with Crippen molar-refractivity contribution < 1.29 is 0 Å². The molecule has 1 aliphatic carbocycles. The normalized spacial score (nSPS) is 27.1. The van der Waals surface area contributed by atoms with Gasteiger partial charge in [-0.1, -0.05) is 19.8 Å². The maximum atomic E-state index is 8.39. The van der Waals surface area contributed by atoms with E-state index < -0.39 is 0 Å². The number of nitrogens with zero attached hydrogens (tertiary/aromatic N) is 1. The second kappa shape index (κ2) is 7.17. The lowest BCUT2D eigenvalue weighted by Crippen LogP contribution is -2.15. The minimum atomic E-state index is 0.738. The molecule has 0 saturated heterocycles. The van der Waals surface area contributed by atoms with Crippen LogP contribution < -0.4 is 0 Å². The summed E-state index contributed by atoms with van der Waals surface area (Å²) in [4.78, 5) is 0. The highest BCUT2D eigenvalue weighted by Crippen LogP contribution is 2.32. The number of unbranched alkanes of at least 4 members (excludes halogenated alkanes) is 2. The third-order valence-electron chi connectivity index (χ3n) is 2.92. The fourth-order valence-electron chi connectivity index (χ4n) is 2.09. The van der Waals surface area contributed by atoms with E-state index >= 15 is 0 Å². The van der Waals surface area contributed by atoms with E-state index in [0.717, 1.165) is 24.0 Å². The Morgan fingerprint density at radius 3 is 2.93 bits per heavy atom. The van der Waals surface area contributed by atoms with Gasteiger partial charge in [0.2, 0.25) is 0 Å². The summed E-state index contributed by atoms with van der Waals surface area (Å²) in [5.41, 5.74) is 0. The molecule has 0 aliphatic heterocycles. The van der Waals surface area contributed by atoms with Gasteiger partial charge in [-0.3, -0.25) is 0 Å². The Kier molecular flexibility index (Phi) is 6.10. The van der Waals surface area contributed by atoms with E-state index in [2.05, 4.69) is 24.8 Å². The molecule has 1 rings (SSSR count). The van der Waals surface area contributed by atoms with Crippen molar-refractivity contribution in [3.63, 3.8) is 0 Å². The Morgan fingerprint density at radius 2 is 2.21 bits per heavy atom. The summed E-state index contributed by atoms with van der Waals surface area (Å²) in [6.45, 7) is 2.38. The van der Waals surface area contributed by atoms with E-state index in [0.29, 0.717) is 0 Å². The molecule has 0 amide bonds. The summed E-state index contributed by atoms with van der Waals surface area (Å²) in [6.07, 6.45) is 8.76. The molecule has 0 bridgehead atoms. The zero-order valence-electron chi connectivity index (χ0n) is 9.17. The Bertz CT molecular complexity index is 185. The maximum absolute atomic E-state index is 8.39. The lowest BCUT2D eigenvalue weighted by Gasteiger charge is -2.26. The fraction of sp³-hybridized carbons (Fsp3) is 0.917. The van der Waals surface area contributed by atoms with Crippen molar-refractivity contribution in [2.45, 2.75) is 57.1 Å². The van der Waals surface area contributed by atoms with Crippen molar-refractivity contribution in [1.82, 2.24) is 0 Å². The van der Waals surface area contributed by atoms with Crippen LogP contribution in [0.5, 0.6) is 0 Å². The molecule has 1 aliphatic rings. The van der Waals surface area contributed by atoms with Crippen LogP contribution in [0.3, 0.4) is 0 Å². The maximum Gasteiger partial charge on any atom is 0.0621 e. The van der Waals surface area contributed by atoms with E-state index in [-0.39, 0.29) is 0 Å². The molecule has 0 spiro atoms. The minimum Gasteiger partial charge on any atom is -0.198 e. The first-order valence-corrected chi connectivity index (χ1v) is 6.86. The summed E-state index contributed by atoms with van der Waals surface area (Å²) in [7, 11) is 0. The van der Waals surface area contributed by atoms with Crippen LogP contribution in [0.15, 0.2) is 0 Å². The summed E-state index contributed by atoms with van der Waals surface area (Å²) < 4.78 is 0. The van der Waals surface area contributed by atoms with Gasteiger partial charge in [-0.15, -0.1) is 0 Å². The van der Waals surface area contributed by atoms with Crippen LogP contribution in [0.1, 0.15) is 51.9 Å². The topological polar surface area (TPSA) is 23.8 Å². The van der Waals surface area contributed by atoms with Crippen LogP contribution in [0.4, 0.5) is 0 Å². The zero-order chi connectivity index (χ0) is 10.2. The largest absolute Gasteiger partial charge is 0.198 e. The van der Waals surface area contributed by atoms with Crippen molar-refractivity contribution in [2.75, 3.05) is 5.75 Å². The highest BCUT2D eigenvalue weighted by Gasteiger charge is 2.18. The van der Waals surface area contributed by atoms with Crippen LogP contribution in [-0.4, -0.2) is 11.0 Å². The quantitative estimate of drug-likeness (QED) is 0.642. The highest BCUT2D eigenvalue weighted by molar-refractivity contribution is 7.99. The molecule has 0 aromatic heterocycles. The van der Waals surface area contributed by atoms with Crippen LogP contribution in [0.2, 0.25) is 0 Å². The van der Waals surface area contributed by atoms with Gasteiger partial charge in [-0.2, -0.15) is 17.0 Å². The van der Waals surface area contributed by atoms with Crippen LogP contribution in [-0.2, 0) is 0 Å². The van der Waals surface area contributed by atoms with Crippen molar-refractivity contribution in [3.05, 3.63) is 0 Å². The molecule has 0 aromatic carbocycles. The van der Waals surface area contributed by atoms with Gasteiger partial charge >= 0.3 is 0 Å². The fourth-order valence-corrected chi connectivity index (χ4v) is 3.59. The van der Waals surface area contributed by atoms with E-state index in [4.69, 9.17) is 5.26 Å². The SMILES string of the molecule is CC1CCCC(SCCCCC#N)C1. The predicted octanol–water partition coefficient (Wildman–Crippen LogP) is 3.99. The summed E-state index contributed by atoms with van der Waals surface area (Å²) in [5, 5.41) is 9.31. The van der Waals surface area contributed by atoms with Gasteiger partial charge in [0, 0.05) is 11.7 Å². The van der Waals surface area contributed by atoms with Crippen LogP contribution in [0.25, 0.3) is 0 Å². The molecule has 2 atom stereocenters. The zero-order valence-corrected chi connectivity index (χ0v) is 9.98. The molecule has 0 radical (unpaired) electrons. The van der Waals surface area contributed by atoms with Crippen LogP contribution in [0, 0.1) is 17.2 Å². The second-order valence-electron chi connectivity index (χ2n) is 4.38. The molecular formula is C12H21NS. The molecule has 0 aromatic rings. The summed E-state index contributed by atoms with van der Waals surface area (Å²) in [5.74, 6) is 2.21. The van der Waals surface area contributed by atoms with Crippen molar-refractivity contribution in [1.29, 1.82) is 5.26 Å². The molecule has 1 saturated carbocycles. The van der Waals surface area contributed by atoms with E-state index in [1.54, 1.807) is 0 Å². The number of rotatable bonds is 5. The Hall–Kier alpha value is -0.160. The first kappa shape index (κ1) is 11.9. The van der Waals surface area contributed by atoms with E-state index in [9.17, 15) is 0 Å². The average molecular weight is 211 g/mol. The monoisotopic (exact) mass is 211 g/mol. The Labute approximate surface area is 92.3 Å². The van der Waals surface area contributed by atoms with Gasteiger partial charge in [0.25, 0.3) is 0 Å². The number of hydrogen-bond acceptors (Lipinski definition) is 2. The standard InChI is InChI=1S/C12H21NS/c1-11-6-5-7-12(10-11)14-9-4-2-3-8-13/h11-12H,2-7,9-10H2,1H3. The molecule has 1 fully saturated rings. The summed E-state index contributed by atoms with van der Waals surface area (Å²) in [6, 6.07) is 2.20. The summed E-state index contributed by atoms with van der Waals surface area (Å²) >= 11 is 2.14. The molecule has 2 unspecified atom stereocenters. The molecular weight excluding hydrogens is 190 g/mol. The smallest absolute Gasteiger partial charge is 0.0621 e. The second-order valence-corrected chi connectivity index (χ2v) is 5.79. The molecule has 14 heavy (non-hydrogen) atoms. The van der Waals surface area contributed by atoms with Gasteiger partial charge in [0.1, 0.15) is 0 Å². The molecule has 80 valence electrons. The number of nitriles is 1. The molecule has 0 heterocycles. The highest BCUT2D eigenvalue weighted by atomic mass is 32.2. The van der Waals surface area contributed by atoms with Gasteiger partial charge in [0.15, 0.2) is 0 Å². The van der Waals surface area contributed by atoms with Gasteiger partial charge in [0.05, 0.1) is 6.07 Å². The minimum absolute atomic E-state index is 0.738. The predicted molar refractivity (Wildman–Crippen MR) is 63.3 cm³/mol. The lowest BCUT2D eigenvalue weighted by atomic mass is 9.91. The van der Waals surface area contributed by atoms with Gasteiger partial charge < -0.3 is 0 Å². The molecule has 2 heteroatoms. The molecule has 0 N–H and O–H groups in total. The number of thioether (sulfide) groups is 1. The van der Waals surface area contributed by atoms with E-state index in [1.165, 1.54) is 37.9 Å². The van der Waals surface area contributed by atoms with E-state index in [1.807, 2.05) is 0 Å². The third kappa shape index (κ3) is 4.91. The lowest BCUT2D eigenvalue weighted by molar-refractivity contribution is 0.394. The first-order chi connectivity index (χ1) is 6.83. The third-order valence-corrected chi connectivity index (χ3v) is 4.35. The van der Waals surface area contributed by atoms with Crippen molar-refractivity contribution in [2.24, 2.45) is 5.92 Å². The van der Waals surface area contributed by atoms with Crippen LogP contribution >= 0.6 is 11.8 Å². The van der Waals surface area contributed by atoms with Crippen molar-refractivity contribution in [3.8, 4) is 6.07 Å². The van der Waals surface area contributed by atoms with Crippen molar-refractivity contribution >= 4 is 11.8 Å². The Morgan fingerprint density at radius 1 is 1.36 bits per heavy atom. The number of hydrogen-bond donors (Lipinski definition) is 0. The van der Waals surface area contributed by atoms with Gasteiger partial charge in [-0.25, -0.2) is 0 Å². The average Bonchev–Trinajstić information content (AvgIpc) is 2.18. The van der Waals surface area contributed by atoms with Gasteiger partial charge in [-0.05, 0) is 37.4 Å². The molecule has 1 nitrogen and oxygen atoms in total. The Balaban J connectivity index is 1.98.